The molecule has 0 spiro atoms. The lowest BCUT2D eigenvalue weighted by atomic mass is 10.0. The van der Waals surface area contributed by atoms with E-state index < -0.39 is 0 Å². The van der Waals surface area contributed by atoms with Crippen molar-refractivity contribution in [3.8, 4) is 5.75 Å². The van der Waals surface area contributed by atoms with Crippen LogP contribution >= 0.6 is 0 Å². The van der Waals surface area contributed by atoms with Crippen molar-refractivity contribution < 1.29 is 4.74 Å². The largest absolute Gasteiger partial charge is 0.493 e. The zero-order valence-electron chi connectivity index (χ0n) is 10.6. The van der Waals surface area contributed by atoms with Gasteiger partial charge in [0, 0.05) is 17.8 Å². The Balaban J connectivity index is 1.75. The summed E-state index contributed by atoms with van der Waals surface area (Å²) in [5.41, 5.74) is 6.47. The Morgan fingerprint density at radius 1 is 1.41 bits per heavy atom. The maximum Gasteiger partial charge on any atom is 0.121 e. The molecule has 1 unspecified atom stereocenters. The molecule has 1 aliphatic heterocycles. The lowest BCUT2D eigenvalue weighted by molar-refractivity contribution is 0.153. The fourth-order valence-corrected chi connectivity index (χ4v) is 2.43. The van der Waals surface area contributed by atoms with Gasteiger partial charge in [0.25, 0.3) is 0 Å². The summed E-state index contributed by atoms with van der Waals surface area (Å²) in [6, 6.07) is 8.33. The van der Waals surface area contributed by atoms with Gasteiger partial charge in [0.2, 0.25) is 0 Å². The van der Waals surface area contributed by atoms with Gasteiger partial charge in [-0.15, -0.1) is 0 Å². The SMILES string of the molecule is CN1CCCCC1CCOc1cccc(N)c1. The molecular formula is C14H22N2O. The fourth-order valence-electron chi connectivity index (χ4n) is 2.43. The molecule has 0 amide bonds. The molecule has 94 valence electrons. The second kappa shape index (κ2) is 5.92. The van der Waals surface area contributed by atoms with Crippen molar-refractivity contribution in [3.05, 3.63) is 24.3 Å². The van der Waals surface area contributed by atoms with E-state index in [0.29, 0.717) is 6.04 Å². The number of rotatable bonds is 4. The van der Waals surface area contributed by atoms with Gasteiger partial charge >= 0.3 is 0 Å². The first-order chi connectivity index (χ1) is 8.25. The summed E-state index contributed by atoms with van der Waals surface area (Å²) in [5.74, 6) is 0.878. The maximum absolute atomic E-state index is 5.73. The minimum absolute atomic E-state index is 0.685. The highest BCUT2D eigenvalue weighted by molar-refractivity contribution is 5.43. The Hall–Kier alpha value is -1.22. The Bertz CT molecular complexity index is 354. The van der Waals surface area contributed by atoms with Gasteiger partial charge in [0.05, 0.1) is 6.61 Å². The minimum atomic E-state index is 0.685. The molecule has 3 nitrogen and oxygen atoms in total. The molecule has 2 N–H and O–H groups in total. The van der Waals surface area contributed by atoms with E-state index >= 15 is 0 Å². The molecule has 1 aromatic carbocycles. The van der Waals surface area contributed by atoms with Crippen LogP contribution in [0, 0.1) is 0 Å². The first kappa shape index (κ1) is 12.2. The summed E-state index contributed by atoms with van der Waals surface area (Å²) in [4.78, 5) is 2.45. The van der Waals surface area contributed by atoms with Gasteiger partial charge in [-0.3, -0.25) is 0 Å². The van der Waals surface area contributed by atoms with Crippen molar-refractivity contribution in [1.29, 1.82) is 0 Å². The van der Waals surface area contributed by atoms with Crippen LogP contribution in [0.5, 0.6) is 5.75 Å². The van der Waals surface area contributed by atoms with Crippen LogP contribution in [0.1, 0.15) is 25.7 Å². The van der Waals surface area contributed by atoms with Crippen molar-refractivity contribution in [2.45, 2.75) is 31.7 Å². The van der Waals surface area contributed by atoms with E-state index in [2.05, 4.69) is 11.9 Å². The van der Waals surface area contributed by atoms with Crippen molar-refractivity contribution in [2.24, 2.45) is 0 Å². The molecule has 1 fully saturated rings. The molecular weight excluding hydrogens is 212 g/mol. The Kier molecular flexibility index (Phi) is 4.26. The summed E-state index contributed by atoms with van der Waals surface area (Å²) in [6.45, 7) is 2.00. The number of ether oxygens (including phenoxy) is 1. The van der Waals surface area contributed by atoms with E-state index in [0.717, 1.165) is 24.5 Å². The Labute approximate surface area is 104 Å². The summed E-state index contributed by atoms with van der Waals surface area (Å²) in [5, 5.41) is 0. The molecule has 0 aliphatic carbocycles. The van der Waals surface area contributed by atoms with E-state index in [-0.39, 0.29) is 0 Å². The number of benzene rings is 1. The molecule has 0 radical (unpaired) electrons. The Morgan fingerprint density at radius 2 is 2.29 bits per heavy atom. The number of nitrogens with two attached hydrogens (primary N) is 1. The number of anilines is 1. The second-order valence-electron chi connectivity index (χ2n) is 4.84. The number of hydrogen-bond acceptors (Lipinski definition) is 3. The second-order valence-corrected chi connectivity index (χ2v) is 4.84. The van der Waals surface area contributed by atoms with E-state index in [1.54, 1.807) is 0 Å². The molecule has 1 aliphatic rings. The zero-order valence-corrected chi connectivity index (χ0v) is 10.6. The van der Waals surface area contributed by atoms with Crippen LogP contribution in [0.2, 0.25) is 0 Å². The van der Waals surface area contributed by atoms with Gasteiger partial charge in [-0.2, -0.15) is 0 Å². The van der Waals surface area contributed by atoms with Gasteiger partial charge in [0.15, 0.2) is 0 Å². The van der Waals surface area contributed by atoms with Crippen LogP contribution < -0.4 is 10.5 Å². The number of piperidine rings is 1. The first-order valence-electron chi connectivity index (χ1n) is 6.44. The van der Waals surface area contributed by atoms with Crippen molar-refractivity contribution >= 4 is 5.69 Å². The first-order valence-corrected chi connectivity index (χ1v) is 6.44. The van der Waals surface area contributed by atoms with Crippen LogP contribution in [0.15, 0.2) is 24.3 Å². The van der Waals surface area contributed by atoms with Crippen LogP contribution in [0.4, 0.5) is 5.69 Å². The third kappa shape index (κ3) is 3.63. The standard InChI is InChI=1S/C14H22N2O/c1-16-9-3-2-6-13(16)8-10-17-14-7-4-5-12(15)11-14/h4-5,7,11,13H,2-3,6,8-10,15H2,1H3. The number of likely N-dealkylation sites (tertiary alicyclic amines) is 1. The highest BCUT2D eigenvalue weighted by Crippen LogP contribution is 2.19. The van der Waals surface area contributed by atoms with Crippen molar-refractivity contribution in [1.82, 2.24) is 4.90 Å². The smallest absolute Gasteiger partial charge is 0.121 e. The summed E-state index contributed by atoms with van der Waals surface area (Å²) < 4.78 is 5.73. The molecule has 17 heavy (non-hydrogen) atoms. The van der Waals surface area contributed by atoms with Crippen LogP contribution in [-0.4, -0.2) is 31.1 Å². The molecule has 1 heterocycles. The topological polar surface area (TPSA) is 38.5 Å². The zero-order chi connectivity index (χ0) is 12.1. The highest BCUT2D eigenvalue weighted by Gasteiger charge is 2.18. The average molecular weight is 234 g/mol. The molecule has 0 saturated carbocycles. The van der Waals surface area contributed by atoms with E-state index in [1.165, 1.54) is 25.8 Å². The van der Waals surface area contributed by atoms with Gasteiger partial charge in [-0.25, -0.2) is 0 Å². The highest BCUT2D eigenvalue weighted by atomic mass is 16.5. The van der Waals surface area contributed by atoms with Gasteiger partial charge < -0.3 is 15.4 Å². The molecule has 0 aromatic heterocycles. The monoisotopic (exact) mass is 234 g/mol. The van der Waals surface area contributed by atoms with E-state index in [1.807, 2.05) is 24.3 Å². The van der Waals surface area contributed by atoms with E-state index in [9.17, 15) is 0 Å². The average Bonchev–Trinajstić information content (AvgIpc) is 2.32. The summed E-state index contributed by atoms with van der Waals surface area (Å²) in [7, 11) is 2.21. The Morgan fingerprint density at radius 3 is 3.06 bits per heavy atom. The minimum Gasteiger partial charge on any atom is -0.493 e. The molecule has 1 saturated heterocycles. The van der Waals surface area contributed by atoms with Crippen molar-refractivity contribution in [3.63, 3.8) is 0 Å². The molecule has 1 aromatic rings. The number of nitrogen functional groups attached to an aromatic ring is 1. The molecule has 0 bridgehead atoms. The molecule has 3 heteroatoms. The quantitative estimate of drug-likeness (QED) is 0.814. The van der Waals surface area contributed by atoms with Crippen LogP contribution in [0.3, 0.4) is 0 Å². The molecule has 1 atom stereocenters. The van der Waals surface area contributed by atoms with E-state index in [4.69, 9.17) is 10.5 Å². The van der Waals surface area contributed by atoms with Gasteiger partial charge in [-0.05, 0) is 45.0 Å². The van der Waals surface area contributed by atoms with Crippen LogP contribution in [-0.2, 0) is 0 Å². The normalized spacial score (nSPS) is 21.4. The predicted octanol–water partition coefficient (Wildman–Crippen LogP) is 2.52. The third-order valence-corrected chi connectivity index (χ3v) is 3.50. The maximum atomic E-state index is 5.73. The van der Waals surface area contributed by atoms with Crippen molar-refractivity contribution in [2.75, 3.05) is 25.9 Å². The van der Waals surface area contributed by atoms with Gasteiger partial charge in [0.1, 0.15) is 5.75 Å². The molecule has 2 rings (SSSR count). The lowest BCUT2D eigenvalue weighted by Gasteiger charge is -2.32. The van der Waals surface area contributed by atoms with Gasteiger partial charge in [-0.1, -0.05) is 12.5 Å². The third-order valence-electron chi connectivity index (χ3n) is 3.50. The predicted molar refractivity (Wildman–Crippen MR) is 71.2 cm³/mol. The lowest BCUT2D eigenvalue weighted by Crippen LogP contribution is -2.37. The summed E-state index contributed by atoms with van der Waals surface area (Å²) in [6.07, 6.45) is 5.10. The number of hydrogen-bond donors (Lipinski definition) is 1. The fraction of sp³-hybridized carbons (Fsp3) is 0.571. The summed E-state index contributed by atoms with van der Waals surface area (Å²) >= 11 is 0. The van der Waals surface area contributed by atoms with Crippen LogP contribution in [0.25, 0.3) is 0 Å². The number of nitrogens with zero attached hydrogens (tertiary/aromatic N) is 1.